The molecule has 0 saturated heterocycles. The molecule has 0 spiro atoms. The van der Waals surface area contributed by atoms with Crippen LogP contribution in [0.15, 0.2) is 42.7 Å². The van der Waals surface area contributed by atoms with Crippen molar-refractivity contribution in [2.45, 2.75) is 12.7 Å². The Hall–Kier alpha value is -1.99. The minimum Gasteiger partial charge on any atom is -1.00 e. The Morgan fingerprint density at radius 2 is 1.80 bits per heavy atom. The number of benzene rings is 1. The van der Waals surface area contributed by atoms with Gasteiger partial charge in [0, 0.05) is 31.9 Å². The molecule has 1 N–H and O–H groups in total. The van der Waals surface area contributed by atoms with Crippen molar-refractivity contribution >= 4 is 28.9 Å². The highest BCUT2D eigenvalue weighted by Gasteiger charge is 2.31. The molecule has 1 amide bonds. The zero-order valence-corrected chi connectivity index (χ0v) is 15.0. The van der Waals surface area contributed by atoms with Gasteiger partial charge in [-0.15, -0.1) is 0 Å². The van der Waals surface area contributed by atoms with E-state index in [2.05, 4.69) is 5.32 Å². The lowest BCUT2D eigenvalue weighted by molar-refractivity contribution is -0.684. The highest BCUT2D eigenvalue weighted by molar-refractivity contribution is 6.33. The second-order valence-corrected chi connectivity index (χ2v) is 5.77. The van der Waals surface area contributed by atoms with Gasteiger partial charge in [-0.2, -0.15) is 17.7 Å². The average molecular weight is 394 g/mol. The lowest BCUT2D eigenvalue weighted by Gasteiger charge is -2.11. The Morgan fingerprint density at radius 1 is 1.20 bits per heavy atom. The van der Waals surface area contributed by atoms with Crippen LogP contribution in [0.25, 0.3) is 0 Å². The fraction of sp³-hybridized carbons (Fsp3) is 0.250. The SMILES string of the molecule is CN(C)c1cc[n+](CC(=O)Nc2cc(C(F)(F)F)ccc2Cl)cc1.[Cl-]. The molecule has 1 heterocycles. The van der Waals surface area contributed by atoms with Crippen molar-refractivity contribution in [2.24, 2.45) is 0 Å². The Kier molecular flexibility index (Phi) is 7.07. The first-order chi connectivity index (χ1) is 11.2. The molecular weight excluding hydrogens is 378 g/mol. The van der Waals surface area contributed by atoms with Crippen molar-refractivity contribution in [3.8, 4) is 0 Å². The molecule has 0 unspecified atom stereocenters. The topological polar surface area (TPSA) is 36.2 Å². The van der Waals surface area contributed by atoms with Crippen molar-refractivity contribution in [1.82, 2.24) is 0 Å². The van der Waals surface area contributed by atoms with Gasteiger partial charge in [0.1, 0.15) is 0 Å². The number of pyridine rings is 1. The second-order valence-electron chi connectivity index (χ2n) is 5.36. The predicted molar refractivity (Wildman–Crippen MR) is 86.0 cm³/mol. The second kappa shape index (κ2) is 8.40. The third kappa shape index (κ3) is 5.79. The number of halogens is 5. The number of alkyl halides is 3. The maximum Gasteiger partial charge on any atom is 0.416 e. The number of hydrogen-bond donors (Lipinski definition) is 1. The third-order valence-electron chi connectivity index (χ3n) is 3.28. The number of nitrogens with zero attached hydrogens (tertiary/aromatic N) is 2. The normalized spacial score (nSPS) is 10.8. The number of nitrogens with one attached hydrogen (secondary N) is 1. The first kappa shape index (κ1) is 21.1. The molecule has 0 aliphatic rings. The van der Waals surface area contributed by atoms with Gasteiger partial charge in [0.15, 0.2) is 12.4 Å². The highest BCUT2D eigenvalue weighted by atomic mass is 35.5. The monoisotopic (exact) mass is 393 g/mol. The van der Waals surface area contributed by atoms with Gasteiger partial charge < -0.3 is 22.6 Å². The third-order valence-corrected chi connectivity index (χ3v) is 3.61. The minimum atomic E-state index is -4.50. The van der Waals surface area contributed by atoms with Crippen molar-refractivity contribution in [3.63, 3.8) is 0 Å². The summed E-state index contributed by atoms with van der Waals surface area (Å²) in [5, 5.41) is 2.45. The van der Waals surface area contributed by atoms with E-state index in [1.807, 2.05) is 31.1 Å². The smallest absolute Gasteiger partial charge is 0.416 e. The number of carbonyl (C=O) groups excluding carboxylic acids is 1. The largest absolute Gasteiger partial charge is 1.00 e. The molecule has 0 aliphatic heterocycles. The molecule has 136 valence electrons. The lowest BCUT2D eigenvalue weighted by atomic mass is 10.2. The van der Waals surface area contributed by atoms with Crippen LogP contribution in [0.4, 0.5) is 24.5 Å². The van der Waals surface area contributed by atoms with Crippen LogP contribution in [0.3, 0.4) is 0 Å². The van der Waals surface area contributed by atoms with Crippen molar-refractivity contribution < 1.29 is 34.9 Å². The zero-order chi connectivity index (χ0) is 17.9. The van der Waals surface area contributed by atoms with E-state index in [-0.39, 0.29) is 29.7 Å². The van der Waals surface area contributed by atoms with E-state index in [4.69, 9.17) is 11.6 Å². The van der Waals surface area contributed by atoms with E-state index < -0.39 is 17.6 Å². The summed E-state index contributed by atoms with van der Waals surface area (Å²) in [6.45, 7) is -0.0414. The summed E-state index contributed by atoms with van der Waals surface area (Å²) in [5.74, 6) is -0.473. The van der Waals surface area contributed by atoms with E-state index in [9.17, 15) is 18.0 Å². The number of carbonyl (C=O) groups is 1. The van der Waals surface area contributed by atoms with Gasteiger partial charge in [-0.25, -0.2) is 0 Å². The van der Waals surface area contributed by atoms with E-state index in [1.54, 1.807) is 17.0 Å². The molecule has 25 heavy (non-hydrogen) atoms. The maximum atomic E-state index is 12.7. The number of anilines is 2. The molecule has 4 nitrogen and oxygen atoms in total. The number of hydrogen-bond acceptors (Lipinski definition) is 2. The Bertz CT molecular complexity index is 734. The number of amides is 1. The molecule has 0 aliphatic carbocycles. The molecule has 2 aromatic rings. The summed E-state index contributed by atoms with van der Waals surface area (Å²) in [4.78, 5) is 13.9. The van der Waals surface area contributed by atoms with Gasteiger partial charge in [-0.05, 0) is 18.2 Å². The van der Waals surface area contributed by atoms with Crippen LogP contribution in [0.5, 0.6) is 0 Å². The highest BCUT2D eigenvalue weighted by Crippen LogP contribution is 2.33. The molecule has 1 aromatic heterocycles. The van der Waals surface area contributed by atoms with Gasteiger partial charge in [-0.1, -0.05) is 11.6 Å². The molecule has 0 radical (unpaired) electrons. The van der Waals surface area contributed by atoms with Crippen molar-refractivity contribution in [3.05, 3.63) is 53.3 Å². The first-order valence-electron chi connectivity index (χ1n) is 7.00. The fourth-order valence-electron chi connectivity index (χ4n) is 2.01. The van der Waals surface area contributed by atoms with Gasteiger partial charge in [-0.3, -0.25) is 4.79 Å². The summed E-state index contributed by atoms with van der Waals surface area (Å²) >= 11 is 5.85. The average Bonchev–Trinajstić information content (AvgIpc) is 2.48. The van der Waals surface area contributed by atoms with E-state index in [0.717, 1.165) is 23.9 Å². The van der Waals surface area contributed by atoms with Crippen molar-refractivity contribution in [2.75, 3.05) is 24.3 Å². The van der Waals surface area contributed by atoms with Gasteiger partial charge in [0.25, 0.3) is 5.91 Å². The first-order valence-corrected chi connectivity index (χ1v) is 7.37. The van der Waals surface area contributed by atoms with E-state index >= 15 is 0 Å². The molecule has 0 fully saturated rings. The molecule has 1 aromatic carbocycles. The minimum absolute atomic E-state index is 0. The summed E-state index contributed by atoms with van der Waals surface area (Å²) in [6, 6.07) is 6.45. The van der Waals surface area contributed by atoms with Gasteiger partial charge >= 0.3 is 6.18 Å². The standard InChI is InChI=1S/C16H15ClF3N3O.ClH/c1-22(2)12-5-7-23(8-6-12)10-15(24)21-14-9-11(16(18,19)20)3-4-13(14)17;/h3-9H,10H2,1-2H3;1H. The van der Waals surface area contributed by atoms with Crippen LogP contribution in [-0.4, -0.2) is 20.0 Å². The van der Waals surface area contributed by atoms with Crippen LogP contribution in [0.1, 0.15) is 5.56 Å². The Morgan fingerprint density at radius 3 is 2.32 bits per heavy atom. The number of rotatable bonds is 4. The molecule has 0 atom stereocenters. The molecular formula is C16H16Cl2F3N3O. The quantitative estimate of drug-likeness (QED) is 0.761. The molecule has 0 bridgehead atoms. The fourth-order valence-corrected chi connectivity index (χ4v) is 2.17. The maximum absolute atomic E-state index is 12.7. The lowest BCUT2D eigenvalue weighted by Crippen LogP contribution is -3.00. The summed E-state index contributed by atoms with van der Waals surface area (Å²) in [6.07, 6.45) is -1.08. The van der Waals surface area contributed by atoms with Crippen LogP contribution >= 0.6 is 11.6 Å². The summed E-state index contributed by atoms with van der Waals surface area (Å²) in [5.41, 5.74) is 0.0276. The predicted octanol–water partition coefficient (Wildman–Crippen LogP) is 0.355. The zero-order valence-electron chi connectivity index (χ0n) is 13.4. The number of aromatic nitrogens is 1. The van der Waals surface area contributed by atoms with Gasteiger partial charge in [0.2, 0.25) is 6.54 Å². The van der Waals surface area contributed by atoms with Crippen molar-refractivity contribution in [1.29, 1.82) is 0 Å². The molecule has 9 heteroatoms. The van der Waals surface area contributed by atoms with Gasteiger partial charge in [0.05, 0.1) is 16.3 Å². The van der Waals surface area contributed by atoms with Crippen LogP contribution in [0.2, 0.25) is 5.02 Å². The summed E-state index contributed by atoms with van der Waals surface area (Å²) in [7, 11) is 3.78. The van der Waals surface area contributed by atoms with E-state index in [1.165, 1.54) is 0 Å². The molecule has 2 rings (SSSR count). The van der Waals surface area contributed by atoms with E-state index in [0.29, 0.717) is 0 Å². The Labute approximate surface area is 154 Å². The van der Waals surface area contributed by atoms with Crippen LogP contribution in [0, 0.1) is 0 Å². The van der Waals surface area contributed by atoms with Crippen LogP contribution in [-0.2, 0) is 17.5 Å². The summed E-state index contributed by atoms with van der Waals surface area (Å²) < 4.78 is 39.8. The van der Waals surface area contributed by atoms with Crippen LogP contribution < -0.4 is 27.2 Å². The molecule has 0 saturated carbocycles. The Balaban J connectivity index is 0.00000312.